The van der Waals surface area contributed by atoms with Gasteiger partial charge in [0.15, 0.2) is 0 Å². The van der Waals surface area contributed by atoms with Crippen molar-refractivity contribution in [2.24, 2.45) is 11.7 Å². The molecule has 0 radical (unpaired) electrons. The Balaban J connectivity index is 2.22. The van der Waals surface area contributed by atoms with Crippen LogP contribution in [0.25, 0.3) is 0 Å². The zero-order valence-corrected chi connectivity index (χ0v) is 9.87. The minimum Gasteiger partial charge on any atom is -0.368 e. The number of hydrogen-bond donors (Lipinski definition) is 2. The number of nitrogens with two attached hydrogens (primary N) is 1. The van der Waals surface area contributed by atoms with Crippen LogP contribution in [-0.2, 0) is 11.3 Å². The minimum absolute atomic E-state index is 0.304. The number of halogens is 1. The highest BCUT2D eigenvalue weighted by atomic mass is 35.5. The van der Waals surface area contributed by atoms with Gasteiger partial charge in [-0.25, -0.2) is 0 Å². The number of aromatic nitrogens is 2. The van der Waals surface area contributed by atoms with E-state index in [1.165, 1.54) is 0 Å². The number of carbonyl (C=O) groups is 1. The lowest BCUT2D eigenvalue weighted by Gasteiger charge is -2.30. The highest BCUT2D eigenvalue weighted by Gasteiger charge is 2.49. The van der Waals surface area contributed by atoms with Gasteiger partial charge < -0.3 is 11.1 Å². The smallest absolute Gasteiger partial charge is 0.239 e. The molecule has 1 saturated carbocycles. The van der Waals surface area contributed by atoms with Gasteiger partial charge in [0.05, 0.1) is 17.8 Å². The van der Waals surface area contributed by atoms with E-state index < -0.39 is 5.54 Å². The Hall–Kier alpha value is -1.07. The second kappa shape index (κ2) is 4.07. The Morgan fingerprint density at radius 1 is 1.81 bits per heavy atom. The summed E-state index contributed by atoms with van der Waals surface area (Å²) in [5.74, 6) is -0.0258. The van der Waals surface area contributed by atoms with Crippen LogP contribution in [0.15, 0.2) is 12.4 Å². The Bertz CT molecular complexity index is 401. The Kier molecular flexibility index (Phi) is 2.90. The summed E-state index contributed by atoms with van der Waals surface area (Å²) in [4.78, 5) is 11.6. The number of nitrogens with one attached hydrogen (secondary N) is 1. The maximum absolute atomic E-state index is 11.6. The minimum atomic E-state index is -0.699. The molecule has 1 aromatic heterocycles. The summed E-state index contributed by atoms with van der Waals surface area (Å²) in [6.07, 6.45) is 5.30. The summed E-state index contributed by atoms with van der Waals surface area (Å²) in [7, 11) is 1.76. The van der Waals surface area contributed by atoms with Gasteiger partial charge in [0.1, 0.15) is 5.54 Å². The van der Waals surface area contributed by atoms with E-state index in [0.29, 0.717) is 17.5 Å². The van der Waals surface area contributed by atoms with Crippen LogP contribution < -0.4 is 11.1 Å². The molecule has 0 saturated heterocycles. The van der Waals surface area contributed by atoms with Gasteiger partial charge in [0.25, 0.3) is 0 Å². The molecule has 1 aromatic rings. The monoisotopic (exact) mass is 242 g/mol. The van der Waals surface area contributed by atoms with Crippen LogP contribution in [0.4, 0.5) is 0 Å². The van der Waals surface area contributed by atoms with E-state index in [1.807, 2.05) is 0 Å². The summed E-state index contributed by atoms with van der Waals surface area (Å²) < 4.78 is 1.65. The number of likely N-dealkylation sites (N-methyl/N-ethyl adjacent to an activating group) is 1. The molecule has 0 bridgehead atoms. The molecular formula is C10H15ClN4O. The van der Waals surface area contributed by atoms with Gasteiger partial charge in [-0.15, -0.1) is 0 Å². The lowest BCUT2D eigenvalue weighted by atomic mass is 9.92. The van der Waals surface area contributed by atoms with E-state index in [1.54, 1.807) is 24.1 Å². The molecule has 88 valence electrons. The fourth-order valence-electron chi connectivity index (χ4n) is 2.07. The van der Waals surface area contributed by atoms with Crippen LogP contribution in [0.3, 0.4) is 0 Å². The first-order chi connectivity index (χ1) is 7.58. The van der Waals surface area contributed by atoms with Crippen LogP contribution in [0.1, 0.15) is 12.8 Å². The van der Waals surface area contributed by atoms with Crippen LogP contribution in [0.2, 0.25) is 5.02 Å². The van der Waals surface area contributed by atoms with Gasteiger partial charge in [-0.1, -0.05) is 11.6 Å². The SMILES string of the molecule is CNC(Cn1cc(Cl)cn1)(C(N)=O)C1CC1. The molecule has 1 fully saturated rings. The van der Waals surface area contributed by atoms with Crippen LogP contribution in [-0.4, -0.2) is 28.3 Å². The third-order valence-corrected chi connectivity index (χ3v) is 3.37. The van der Waals surface area contributed by atoms with E-state index in [2.05, 4.69) is 10.4 Å². The van der Waals surface area contributed by atoms with Crippen molar-refractivity contribution in [2.75, 3.05) is 7.05 Å². The Morgan fingerprint density at radius 3 is 2.88 bits per heavy atom. The second-order valence-corrected chi connectivity index (χ2v) is 4.65. The van der Waals surface area contributed by atoms with E-state index >= 15 is 0 Å². The molecule has 0 aromatic carbocycles. The second-order valence-electron chi connectivity index (χ2n) is 4.22. The molecule has 0 aliphatic heterocycles. The zero-order valence-electron chi connectivity index (χ0n) is 9.11. The van der Waals surface area contributed by atoms with Gasteiger partial charge in [-0.3, -0.25) is 9.48 Å². The van der Waals surface area contributed by atoms with E-state index in [4.69, 9.17) is 17.3 Å². The summed E-state index contributed by atoms with van der Waals surface area (Å²) in [6.45, 7) is 0.427. The normalized spacial score (nSPS) is 19.4. The highest BCUT2D eigenvalue weighted by molar-refractivity contribution is 6.30. The Labute approximate surface area is 98.9 Å². The lowest BCUT2D eigenvalue weighted by Crippen LogP contribution is -2.58. The van der Waals surface area contributed by atoms with Gasteiger partial charge >= 0.3 is 0 Å². The van der Waals surface area contributed by atoms with Gasteiger partial charge in [-0.05, 0) is 25.8 Å². The molecule has 2 rings (SSSR count). The fourth-order valence-corrected chi connectivity index (χ4v) is 2.23. The average molecular weight is 243 g/mol. The van der Waals surface area contributed by atoms with Crippen molar-refractivity contribution >= 4 is 17.5 Å². The predicted octanol–water partition coefficient (Wildman–Crippen LogP) is 0.390. The predicted molar refractivity (Wildman–Crippen MR) is 60.9 cm³/mol. The van der Waals surface area contributed by atoms with Crippen LogP contribution in [0, 0.1) is 5.92 Å². The van der Waals surface area contributed by atoms with Gasteiger partial charge in [0.2, 0.25) is 5.91 Å². The molecule has 1 amide bonds. The topological polar surface area (TPSA) is 72.9 Å². The first kappa shape index (κ1) is 11.4. The summed E-state index contributed by atoms with van der Waals surface area (Å²) >= 11 is 5.79. The molecular weight excluding hydrogens is 228 g/mol. The summed E-state index contributed by atoms with van der Waals surface area (Å²) in [5, 5.41) is 7.69. The van der Waals surface area contributed by atoms with Gasteiger partial charge in [-0.2, -0.15) is 5.10 Å². The first-order valence-electron chi connectivity index (χ1n) is 5.25. The number of nitrogens with zero attached hydrogens (tertiary/aromatic N) is 2. The molecule has 16 heavy (non-hydrogen) atoms. The van der Waals surface area contributed by atoms with Crippen molar-refractivity contribution in [1.82, 2.24) is 15.1 Å². The van der Waals surface area contributed by atoms with Crippen molar-refractivity contribution < 1.29 is 4.79 Å². The maximum atomic E-state index is 11.6. The molecule has 1 heterocycles. The quantitative estimate of drug-likeness (QED) is 0.785. The largest absolute Gasteiger partial charge is 0.368 e. The third kappa shape index (κ3) is 1.92. The van der Waals surface area contributed by atoms with Crippen molar-refractivity contribution in [1.29, 1.82) is 0 Å². The number of carbonyl (C=O) groups excluding carboxylic acids is 1. The zero-order chi connectivity index (χ0) is 11.8. The van der Waals surface area contributed by atoms with Crippen LogP contribution in [0.5, 0.6) is 0 Å². The molecule has 1 aliphatic carbocycles. The molecule has 1 unspecified atom stereocenters. The van der Waals surface area contributed by atoms with Crippen molar-refractivity contribution in [3.05, 3.63) is 17.4 Å². The summed E-state index contributed by atoms with van der Waals surface area (Å²) in [6, 6.07) is 0. The molecule has 5 nitrogen and oxygen atoms in total. The average Bonchev–Trinajstić information content (AvgIpc) is 3.00. The number of amides is 1. The van der Waals surface area contributed by atoms with Crippen molar-refractivity contribution in [3.63, 3.8) is 0 Å². The molecule has 0 spiro atoms. The lowest BCUT2D eigenvalue weighted by molar-refractivity contribution is -0.125. The van der Waals surface area contributed by atoms with E-state index in [0.717, 1.165) is 12.8 Å². The molecule has 3 N–H and O–H groups in total. The van der Waals surface area contributed by atoms with Gasteiger partial charge in [0, 0.05) is 6.20 Å². The van der Waals surface area contributed by atoms with Crippen molar-refractivity contribution in [3.8, 4) is 0 Å². The maximum Gasteiger partial charge on any atom is 0.239 e. The Morgan fingerprint density at radius 2 is 2.50 bits per heavy atom. The third-order valence-electron chi connectivity index (χ3n) is 3.17. The summed E-state index contributed by atoms with van der Waals surface area (Å²) in [5.41, 5.74) is 4.80. The van der Waals surface area contributed by atoms with E-state index in [-0.39, 0.29) is 5.91 Å². The van der Waals surface area contributed by atoms with Crippen molar-refractivity contribution in [2.45, 2.75) is 24.9 Å². The molecule has 6 heteroatoms. The molecule has 1 atom stereocenters. The number of hydrogen-bond acceptors (Lipinski definition) is 3. The number of rotatable bonds is 5. The first-order valence-corrected chi connectivity index (χ1v) is 5.63. The number of primary amides is 1. The molecule has 1 aliphatic rings. The van der Waals surface area contributed by atoms with Crippen LogP contribution >= 0.6 is 11.6 Å². The highest BCUT2D eigenvalue weighted by Crippen LogP contribution is 2.40. The fraction of sp³-hybridized carbons (Fsp3) is 0.600. The standard InChI is InChI=1S/C10H15ClN4O/c1-13-10(9(12)16,7-2-3-7)6-15-5-8(11)4-14-15/h4-5,7,13H,2-3,6H2,1H3,(H2,12,16). The van der Waals surface area contributed by atoms with E-state index in [9.17, 15) is 4.79 Å².